The number of aromatic nitrogens is 2. The Bertz CT molecular complexity index is 3400. The molecular formula is C58H52N2. The lowest BCUT2D eigenvalue weighted by Crippen LogP contribution is -2.17. The Kier molecular flexibility index (Phi) is 7.68. The van der Waals surface area contributed by atoms with Crippen molar-refractivity contribution in [1.82, 2.24) is 9.13 Å². The van der Waals surface area contributed by atoms with Gasteiger partial charge in [-0.15, -0.1) is 0 Å². The molecule has 0 bridgehead atoms. The fourth-order valence-electron chi connectivity index (χ4n) is 10.8. The molecule has 0 N–H and O–H groups in total. The first-order chi connectivity index (χ1) is 28.7. The van der Waals surface area contributed by atoms with Gasteiger partial charge in [-0.1, -0.05) is 102 Å². The Labute approximate surface area is 352 Å². The Morgan fingerprint density at radius 2 is 0.633 bits per heavy atom. The summed E-state index contributed by atoms with van der Waals surface area (Å²) in [5.41, 5.74) is 12.8. The van der Waals surface area contributed by atoms with Crippen molar-refractivity contribution in [2.75, 3.05) is 0 Å². The zero-order valence-electron chi connectivity index (χ0n) is 36.6. The van der Waals surface area contributed by atoms with Gasteiger partial charge in [0, 0.05) is 33.5 Å². The Hall–Kier alpha value is -6.38. The highest BCUT2D eigenvalue weighted by atomic mass is 15.0. The molecule has 11 aromatic rings. The van der Waals surface area contributed by atoms with Gasteiger partial charge in [0.15, 0.2) is 0 Å². The SMILES string of the molecule is Cc1c(C)n(-c2ccc3cc4ccccc4cc3c2)c2cc3c(C(C)(C)C)c4cc5c(C)c(C)n(-c6ccc7cc8ccccc8cc7c6)c5cc4c(C(C)(C)C)c3cc12. The quantitative estimate of drug-likeness (QED) is 0.155. The molecule has 0 fully saturated rings. The molecule has 0 radical (unpaired) electrons. The van der Waals surface area contributed by atoms with Gasteiger partial charge in [-0.3, -0.25) is 0 Å². The summed E-state index contributed by atoms with van der Waals surface area (Å²) in [6, 6.07) is 50.8. The Morgan fingerprint density at radius 3 is 0.983 bits per heavy atom. The van der Waals surface area contributed by atoms with Crippen LogP contribution in [0.2, 0.25) is 0 Å². The van der Waals surface area contributed by atoms with Crippen molar-refractivity contribution in [3.63, 3.8) is 0 Å². The van der Waals surface area contributed by atoms with Crippen LogP contribution in [0.5, 0.6) is 0 Å². The normalized spacial score (nSPS) is 12.8. The largest absolute Gasteiger partial charge is 0.314 e. The standard InChI is InChI=1S/C58H52N2/c1-33-35(3)59(45-21-19-41-23-37-15-11-13-17-39(37)25-43(41)27-45)53-31-51-49(29-47(33)53)55(57(5,6)7)52-32-54-48(30-50(52)56(51)58(8,9)10)34(2)36(4)60(54)46-22-20-42-24-38-16-12-14-18-40(38)26-44(42)28-46/h11-32H,1-10H3. The van der Waals surface area contributed by atoms with Crippen LogP contribution in [0.25, 0.3) is 97.8 Å². The van der Waals surface area contributed by atoms with Crippen LogP contribution in [0.3, 0.4) is 0 Å². The second-order valence-electron chi connectivity index (χ2n) is 19.6. The first-order valence-corrected chi connectivity index (χ1v) is 21.6. The molecule has 60 heavy (non-hydrogen) atoms. The van der Waals surface area contributed by atoms with E-state index in [1.165, 1.54) is 131 Å². The highest BCUT2D eigenvalue weighted by Gasteiger charge is 2.30. The van der Waals surface area contributed by atoms with E-state index in [-0.39, 0.29) is 10.8 Å². The van der Waals surface area contributed by atoms with E-state index >= 15 is 0 Å². The van der Waals surface area contributed by atoms with Crippen LogP contribution >= 0.6 is 0 Å². The van der Waals surface area contributed by atoms with E-state index < -0.39 is 0 Å². The third-order valence-corrected chi connectivity index (χ3v) is 13.8. The van der Waals surface area contributed by atoms with Crippen LogP contribution in [-0.4, -0.2) is 9.13 Å². The lowest BCUT2D eigenvalue weighted by molar-refractivity contribution is 0.593. The molecule has 0 spiro atoms. The zero-order chi connectivity index (χ0) is 41.6. The minimum absolute atomic E-state index is 0.119. The Balaban J connectivity index is 1.21. The highest BCUT2D eigenvalue weighted by molar-refractivity contribution is 6.15. The average molecular weight is 777 g/mol. The fourth-order valence-corrected chi connectivity index (χ4v) is 10.8. The molecule has 9 aromatic carbocycles. The van der Waals surface area contributed by atoms with Crippen LogP contribution in [0.4, 0.5) is 0 Å². The van der Waals surface area contributed by atoms with Crippen molar-refractivity contribution in [3.05, 3.63) is 167 Å². The summed E-state index contributed by atoms with van der Waals surface area (Å²) in [6.07, 6.45) is 0. The molecule has 0 atom stereocenters. The lowest BCUT2D eigenvalue weighted by Gasteiger charge is -2.31. The van der Waals surface area contributed by atoms with Gasteiger partial charge < -0.3 is 9.13 Å². The smallest absolute Gasteiger partial charge is 0.0540 e. The number of rotatable bonds is 2. The first kappa shape index (κ1) is 36.7. The molecule has 2 heterocycles. The predicted molar refractivity (Wildman–Crippen MR) is 261 cm³/mol. The summed E-state index contributed by atoms with van der Waals surface area (Å²) < 4.78 is 5.02. The van der Waals surface area contributed by atoms with Crippen molar-refractivity contribution in [2.45, 2.75) is 80.1 Å². The van der Waals surface area contributed by atoms with Crippen molar-refractivity contribution < 1.29 is 0 Å². The zero-order valence-corrected chi connectivity index (χ0v) is 36.6. The summed E-state index contributed by atoms with van der Waals surface area (Å²) in [6.45, 7) is 23.6. The molecule has 11 rings (SSSR count). The van der Waals surface area contributed by atoms with Crippen LogP contribution in [-0.2, 0) is 10.8 Å². The van der Waals surface area contributed by atoms with Gasteiger partial charge in [-0.05, 0) is 198 Å². The first-order valence-electron chi connectivity index (χ1n) is 21.6. The van der Waals surface area contributed by atoms with Crippen LogP contribution in [0.15, 0.2) is 133 Å². The molecule has 294 valence electrons. The Morgan fingerprint density at radius 1 is 0.317 bits per heavy atom. The van der Waals surface area contributed by atoms with Gasteiger partial charge >= 0.3 is 0 Å². The second kappa shape index (κ2) is 12.6. The van der Waals surface area contributed by atoms with Crippen molar-refractivity contribution in [3.8, 4) is 11.4 Å². The third-order valence-electron chi connectivity index (χ3n) is 13.8. The van der Waals surface area contributed by atoms with Crippen LogP contribution in [0.1, 0.15) is 75.2 Å². The molecule has 0 unspecified atom stereocenters. The lowest BCUT2D eigenvalue weighted by atomic mass is 9.73. The molecule has 0 saturated heterocycles. The van der Waals surface area contributed by atoms with Gasteiger partial charge in [0.05, 0.1) is 11.0 Å². The van der Waals surface area contributed by atoms with Crippen LogP contribution < -0.4 is 0 Å². The average Bonchev–Trinajstić information content (AvgIpc) is 3.60. The maximum atomic E-state index is 2.54. The van der Waals surface area contributed by atoms with E-state index in [2.05, 4.69) is 212 Å². The summed E-state index contributed by atoms with van der Waals surface area (Å²) in [4.78, 5) is 0. The van der Waals surface area contributed by atoms with E-state index in [0.29, 0.717) is 0 Å². The fraction of sp³-hybridized carbons (Fsp3) is 0.207. The van der Waals surface area contributed by atoms with Crippen molar-refractivity contribution >= 4 is 86.4 Å². The second-order valence-corrected chi connectivity index (χ2v) is 19.6. The molecule has 0 saturated carbocycles. The minimum atomic E-state index is -0.119. The van der Waals surface area contributed by atoms with E-state index in [9.17, 15) is 0 Å². The number of benzene rings is 9. The van der Waals surface area contributed by atoms with Gasteiger partial charge in [-0.2, -0.15) is 0 Å². The summed E-state index contributed by atoms with van der Waals surface area (Å²) >= 11 is 0. The monoisotopic (exact) mass is 776 g/mol. The number of hydrogen-bond acceptors (Lipinski definition) is 0. The topological polar surface area (TPSA) is 9.86 Å². The molecule has 0 aliphatic heterocycles. The number of fused-ring (bicyclic) bond motifs is 8. The molecule has 2 nitrogen and oxygen atoms in total. The van der Waals surface area contributed by atoms with E-state index in [1.807, 2.05) is 0 Å². The summed E-state index contributed by atoms with van der Waals surface area (Å²) in [7, 11) is 0. The van der Waals surface area contributed by atoms with Gasteiger partial charge in [0.2, 0.25) is 0 Å². The molecule has 0 aliphatic rings. The van der Waals surface area contributed by atoms with E-state index in [1.54, 1.807) is 0 Å². The summed E-state index contributed by atoms with van der Waals surface area (Å²) in [5.74, 6) is 0. The van der Waals surface area contributed by atoms with Gasteiger partial charge in [0.1, 0.15) is 0 Å². The maximum Gasteiger partial charge on any atom is 0.0540 e. The number of aryl methyl sites for hydroxylation is 2. The maximum absolute atomic E-state index is 2.54. The van der Waals surface area contributed by atoms with E-state index in [0.717, 1.165) is 0 Å². The molecule has 0 amide bonds. The molecule has 2 heteroatoms. The minimum Gasteiger partial charge on any atom is -0.314 e. The van der Waals surface area contributed by atoms with Crippen molar-refractivity contribution in [1.29, 1.82) is 0 Å². The highest BCUT2D eigenvalue weighted by Crippen LogP contribution is 2.48. The number of hydrogen-bond donors (Lipinski definition) is 0. The van der Waals surface area contributed by atoms with Crippen LogP contribution in [0, 0.1) is 27.7 Å². The molecular weight excluding hydrogens is 725 g/mol. The summed E-state index contributed by atoms with van der Waals surface area (Å²) in [5, 5.41) is 18.2. The van der Waals surface area contributed by atoms with E-state index in [4.69, 9.17) is 0 Å². The molecule has 0 aliphatic carbocycles. The van der Waals surface area contributed by atoms with Crippen molar-refractivity contribution in [2.24, 2.45) is 0 Å². The third kappa shape index (κ3) is 5.32. The number of nitrogens with zero attached hydrogens (tertiary/aromatic N) is 2. The van der Waals surface area contributed by atoms with Gasteiger partial charge in [0.25, 0.3) is 0 Å². The van der Waals surface area contributed by atoms with Gasteiger partial charge in [-0.25, -0.2) is 0 Å². The molecule has 2 aromatic heterocycles. The predicted octanol–water partition coefficient (Wildman–Crippen LogP) is 16.3.